The summed E-state index contributed by atoms with van der Waals surface area (Å²) in [7, 11) is 0. The number of rotatable bonds is 4. The van der Waals surface area contributed by atoms with Gasteiger partial charge in [-0.25, -0.2) is 0 Å². The summed E-state index contributed by atoms with van der Waals surface area (Å²) >= 11 is 0. The highest BCUT2D eigenvalue weighted by atomic mass is 16.3. The molecule has 1 aliphatic carbocycles. The van der Waals surface area contributed by atoms with E-state index in [1.807, 2.05) is 18.2 Å². The molecule has 0 amide bonds. The van der Waals surface area contributed by atoms with Crippen LogP contribution < -0.4 is 5.32 Å². The Labute approximate surface area is 97.7 Å². The molecule has 1 aromatic carbocycles. The molecule has 0 spiro atoms. The molecule has 0 atom stereocenters. The molecule has 0 bridgehead atoms. The minimum absolute atomic E-state index is 0.0423. The molecule has 1 aromatic rings. The summed E-state index contributed by atoms with van der Waals surface area (Å²) < 4.78 is 0. The Hall–Kier alpha value is -0.860. The molecule has 2 N–H and O–H groups in total. The van der Waals surface area contributed by atoms with E-state index in [-0.39, 0.29) is 12.1 Å². The molecule has 0 aromatic heterocycles. The number of hydrogen-bond acceptors (Lipinski definition) is 2. The highest BCUT2D eigenvalue weighted by Gasteiger charge is 2.48. The fraction of sp³-hybridized carbons (Fsp3) is 0.571. The molecule has 2 nitrogen and oxygen atoms in total. The molecule has 1 fully saturated rings. The number of benzene rings is 1. The Morgan fingerprint density at radius 2 is 1.81 bits per heavy atom. The molecular weight excluding hydrogens is 198 g/mol. The second-order valence-corrected chi connectivity index (χ2v) is 5.80. The van der Waals surface area contributed by atoms with Crippen molar-refractivity contribution in [2.45, 2.75) is 38.8 Å². The van der Waals surface area contributed by atoms with Crippen molar-refractivity contribution in [3.8, 4) is 0 Å². The van der Waals surface area contributed by atoms with Gasteiger partial charge in [0, 0.05) is 12.1 Å². The maximum Gasteiger partial charge on any atom is 0.0613 e. The maximum absolute atomic E-state index is 9.48. The third kappa shape index (κ3) is 2.45. The van der Waals surface area contributed by atoms with Crippen molar-refractivity contribution >= 4 is 0 Å². The SMILES string of the molecule is CC1(C)CC(CO)(NCc2ccccc2)C1. The van der Waals surface area contributed by atoms with E-state index in [0.717, 1.165) is 19.4 Å². The molecule has 0 unspecified atom stereocenters. The van der Waals surface area contributed by atoms with E-state index in [1.165, 1.54) is 5.56 Å². The lowest BCUT2D eigenvalue weighted by molar-refractivity contribution is -0.0126. The van der Waals surface area contributed by atoms with Crippen LogP contribution in [0.5, 0.6) is 0 Å². The lowest BCUT2D eigenvalue weighted by atomic mass is 9.59. The van der Waals surface area contributed by atoms with Gasteiger partial charge in [-0.15, -0.1) is 0 Å². The summed E-state index contributed by atoms with van der Waals surface area (Å²) in [6.07, 6.45) is 2.12. The van der Waals surface area contributed by atoms with Gasteiger partial charge in [-0.3, -0.25) is 0 Å². The summed E-state index contributed by atoms with van der Waals surface area (Å²) in [6.45, 7) is 5.59. The Bertz CT molecular complexity index is 337. The fourth-order valence-electron chi connectivity index (χ4n) is 2.96. The molecule has 0 heterocycles. The number of nitrogens with one attached hydrogen (secondary N) is 1. The van der Waals surface area contributed by atoms with Crippen molar-refractivity contribution < 1.29 is 5.11 Å². The van der Waals surface area contributed by atoms with Crippen LogP contribution in [0.25, 0.3) is 0 Å². The molecule has 2 heteroatoms. The second-order valence-electron chi connectivity index (χ2n) is 5.80. The molecule has 0 radical (unpaired) electrons. The third-order valence-corrected chi connectivity index (χ3v) is 3.45. The number of aliphatic hydroxyl groups excluding tert-OH is 1. The Balaban J connectivity index is 1.90. The van der Waals surface area contributed by atoms with E-state index in [1.54, 1.807) is 0 Å². The standard InChI is InChI=1S/C14H21NO/c1-13(2)9-14(10-13,11-16)15-8-12-6-4-3-5-7-12/h3-7,15-16H,8-11H2,1-2H3. The maximum atomic E-state index is 9.48. The van der Waals surface area contributed by atoms with Crippen molar-refractivity contribution in [3.05, 3.63) is 35.9 Å². The zero-order chi connectivity index (χ0) is 11.6. The van der Waals surface area contributed by atoms with Gasteiger partial charge in [0.2, 0.25) is 0 Å². The van der Waals surface area contributed by atoms with Crippen LogP contribution >= 0.6 is 0 Å². The van der Waals surface area contributed by atoms with Gasteiger partial charge in [0.25, 0.3) is 0 Å². The Morgan fingerprint density at radius 1 is 1.19 bits per heavy atom. The van der Waals surface area contributed by atoms with Gasteiger partial charge in [0.1, 0.15) is 0 Å². The van der Waals surface area contributed by atoms with Crippen molar-refractivity contribution in [1.82, 2.24) is 5.32 Å². The fourth-order valence-corrected chi connectivity index (χ4v) is 2.96. The van der Waals surface area contributed by atoms with Crippen LogP contribution in [0.2, 0.25) is 0 Å². The molecule has 1 saturated carbocycles. The normalized spacial score (nSPS) is 21.4. The zero-order valence-corrected chi connectivity index (χ0v) is 10.2. The van der Waals surface area contributed by atoms with Gasteiger partial charge >= 0.3 is 0 Å². The second kappa shape index (κ2) is 4.19. The van der Waals surface area contributed by atoms with Gasteiger partial charge in [0.15, 0.2) is 0 Å². The summed E-state index contributed by atoms with van der Waals surface area (Å²) in [4.78, 5) is 0. The van der Waals surface area contributed by atoms with E-state index in [2.05, 4.69) is 31.3 Å². The van der Waals surface area contributed by atoms with E-state index in [0.29, 0.717) is 5.41 Å². The molecule has 0 saturated heterocycles. The van der Waals surface area contributed by atoms with Crippen molar-refractivity contribution in [3.63, 3.8) is 0 Å². The lowest BCUT2D eigenvalue weighted by Gasteiger charge is -2.53. The van der Waals surface area contributed by atoms with Gasteiger partial charge in [-0.05, 0) is 23.8 Å². The number of hydrogen-bond donors (Lipinski definition) is 2. The predicted molar refractivity (Wildman–Crippen MR) is 66.1 cm³/mol. The molecule has 1 aliphatic rings. The smallest absolute Gasteiger partial charge is 0.0613 e. The highest BCUT2D eigenvalue weighted by Crippen LogP contribution is 2.47. The molecule has 16 heavy (non-hydrogen) atoms. The summed E-state index contributed by atoms with van der Waals surface area (Å²) in [5, 5.41) is 13.0. The molecule has 0 aliphatic heterocycles. The van der Waals surface area contributed by atoms with Crippen molar-refractivity contribution in [2.75, 3.05) is 6.61 Å². The van der Waals surface area contributed by atoms with Gasteiger partial charge in [-0.2, -0.15) is 0 Å². The van der Waals surface area contributed by atoms with E-state index in [4.69, 9.17) is 0 Å². The van der Waals surface area contributed by atoms with Crippen molar-refractivity contribution in [2.24, 2.45) is 5.41 Å². The van der Waals surface area contributed by atoms with Gasteiger partial charge in [-0.1, -0.05) is 44.2 Å². The van der Waals surface area contributed by atoms with Crippen LogP contribution in [-0.2, 0) is 6.54 Å². The first-order chi connectivity index (χ1) is 7.55. The largest absolute Gasteiger partial charge is 0.394 e. The van der Waals surface area contributed by atoms with Crippen LogP contribution in [-0.4, -0.2) is 17.3 Å². The van der Waals surface area contributed by atoms with E-state index in [9.17, 15) is 5.11 Å². The van der Waals surface area contributed by atoms with Crippen LogP contribution in [0.1, 0.15) is 32.3 Å². The van der Waals surface area contributed by atoms with E-state index >= 15 is 0 Å². The average molecular weight is 219 g/mol. The predicted octanol–water partition coefficient (Wildman–Crippen LogP) is 2.33. The molecule has 88 valence electrons. The zero-order valence-electron chi connectivity index (χ0n) is 10.2. The quantitative estimate of drug-likeness (QED) is 0.814. The Kier molecular flexibility index (Phi) is 3.04. The summed E-state index contributed by atoms with van der Waals surface area (Å²) in [6, 6.07) is 10.3. The highest BCUT2D eigenvalue weighted by molar-refractivity contribution is 5.16. The first kappa shape index (κ1) is 11.6. The third-order valence-electron chi connectivity index (χ3n) is 3.45. The summed E-state index contributed by atoms with van der Waals surface area (Å²) in [5.74, 6) is 0. The first-order valence-electron chi connectivity index (χ1n) is 5.95. The van der Waals surface area contributed by atoms with Crippen LogP contribution in [0.4, 0.5) is 0 Å². The summed E-state index contributed by atoms with van der Waals surface area (Å²) in [5.41, 5.74) is 1.62. The number of aliphatic hydroxyl groups is 1. The first-order valence-corrected chi connectivity index (χ1v) is 5.95. The topological polar surface area (TPSA) is 32.3 Å². The van der Waals surface area contributed by atoms with Gasteiger partial charge in [0.05, 0.1) is 6.61 Å². The van der Waals surface area contributed by atoms with Gasteiger partial charge < -0.3 is 10.4 Å². The van der Waals surface area contributed by atoms with Crippen LogP contribution in [0.15, 0.2) is 30.3 Å². The molecular formula is C14H21NO. The monoisotopic (exact) mass is 219 g/mol. The van der Waals surface area contributed by atoms with Crippen LogP contribution in [0.3, 0.4) is 0 Å². The lowest BCUT2D eigenvalue weighted by Crippen LogP contribution is -2.60. The average Bonchev–Trinajstić information content (AvgIpc) is 2.24. The minimum Gasteiger partial charge on any atom is -0.394 e. The molecule has 2 rings (SSSR count). The Morgan fingerprint density at radius 3 is 2.31 bits per heavy atom. The van der Waals surface area contributed by atoms with Crippen LogP contribution in [0, 0.1) is 5.41 Å². The minimum atomic E-state index is -0.0423. The van der Waals surface area contributed by atoms with E-state index < -0.39 is 0 Å². The van der Waals surface area contributed by atoms with Crippen molar-refractivity contribution in [1.29, 1.82) is 0 Å².